The molecule has 0 unspecified atom stereocenters. The smallest absolute Gasteiger partial charge is 0.252 e. The van der Waals surface area contributed by atoms with Gasteiger partial charge in [0.05, 0.1) is 18.4 Å². The monoisotopic (exact) mass is 412 g/mol. The van der Waals surface area contributed by atoms with Gasteiger partial charge in [0.1, 0.15) is 5.75 Å². The highest BCUT2D eigenvalue weighted by Crippen LogP contribution is 2.33. The molecule has 0 fully saturated rings. The van der Waals surface area contributed by atoms with Crippen molar-refractivity contribution in [2.75, 3.05) is 7.11 Å². The lowest BCUT2D eigenvalue weighted by Gasteiger charge is -2.23. The molecule has 6 heteroatoms. The largest absolute Gasteiger partial charge is 0.497 e. The summed E-state index contributed by atoms with van der Waals surface area (Å²) in [7, 11) is 1.63. The fourth-order valence-electron chi connectivity index (χ4n) is 4.13. The number of fused-ring (bicyclic) bond motifs is 2. The average molecular weight is 412 g/mol. The van der Waals surface area contributed by atoms with E-state index in [1.807, 2.05) is 24.3 Å². The number of carbonyl (C=O) groups excluding carboxylic acids is 1. The van der Waals surface area contributed by atoms with E-state index in [-0.39, 0.29) is 11.7 Å². The minimum atomic E-state index is 0.107. The molecule has 0 spiro atoms. The maximum Gasteiger partial charge on any atom is 0.252 e. The van der Waals surface area contributed by atoms with E-state index in [1.54, 1.807) is 17.8 Å². The van der Waals surface area contributed by atoms with Crippen molar-refractivity contribution < 1.29 is 9.53 Å². The van der Waals surface area contributed by atoms with Gasteiger partial charge in [-0.05, 0) is 53.6 Å². The van der Waals surface area contributed by atoms with Crippen molar-refractivity contribution in [1.82, 2.24) is 19.6 Å². The third kappa shape index (κ3) is 3.58. The molecule has 0 amide bonds. The van der Waals surface area contributed by atoms with Crippen LogP contribution in [0, 0.1) is 0 Å². The number of aromatic nitrogens is 4. The molecule has 0 saturated heterocycles. The van der Waals surface area contributed by atoms with Crippen molar-refractivity contribution in [1.29, 1.82) is 0 Å². The minimum Gasteiger partial charge on any atom is -0.497 e. The summed E-state index contributed by atoms with van der Waals surface area (Å²) in [5.74, 6) is 2.60. The summed E-state index contributed by atoms with van der Waals surface area (Å²) in [6.45, 7) is 4.37. The van der Waals surface area contributed by atoms with Gasteiger partial charge >= 0.3 is 0 Å². The van der Waals surface area contributed by atoms with Crippen LogP contribution in [0.1, 0.15) is 59.3 Å². The second-order valence-electron chi connectivity index (χ2n) is 8.36. The summed E-state index contributed by atoms with van der Waals surface area (Å²) < 4.78 is 6.82. The van der Waals surface area contributed by atoms with E-state index in [0.717, 1.165) is 23.4 Å². The molecule has 0 radical (unpaired) electrons. The summed E-state index contributed by atoms with van der Waals surface area (Å²) in [6.07, 6.45) is 2.99. The highest BCUT2D eigenvalue weighted by molar-refractivity contribution is 5.98. The maximum atomic E-state index is 12.9. The number of ether oxygens (including phenoxy) is 1. The van der Waals surface area contributed by atoms with Gasteiger partial charge < -0.3 is 4.74 Å². The Morgan fingerprint density at radius 2 is 1.74 bits per heavy atom. The second-order valence-corrected chi connectivity index (χ2v) is 8.36. The highest BCUT2D eigenvalue weighted by Gasteiger charge is 2.28. The van der Waals surface area contributed by atoms with Crippen molar-refractivity contribution in [2.24, 2.45) is 0 Å². The Labute approximate surface area is 180 Å². The van der Waals surface area contributed by atoms with Crippen molar-refractivity contribution in [3.05, 3.63) is 77.1 Å². The molecular formula is C25H24N4O2. The van der Waals surface area contributed by atoms with Gasteiger partial charge in [0.2, 0.25) is 0 Å². The fraction of sp³-hybridized carbons (Fsp3) is 0.280. The fourth-order valence-corrected chi connectivity index (χ4v) is 4.13. The van der Waals surface area contributed by atoms with Gasteiger partial charge in [0, 0.05) is 18.2 Å². The van der Waals surface area contributed by atoms with E-state index in [2.05, 4.69) is 48.2 Å². The van der Waals surface area contributed by atoms with Crippen LogP contribution in [-0.2, 0) is 6.42 Å². The molecule has 0 aliphatic heterocycles. The molecule has 5 rings (SSSR count). The number of ketones is 1. The lowest BCUT2D eigenvalue weighted by molar-refractivity contribution is 0.0962. The lowest BCUT2D eigenvalue weighted by Crippen LogP contribution is -2.21. The molecule has 1 aliphatic rings. The van der Waals surface area contributed by atoms with Crippen LogP contribution >= 0.6 is 0 Å². The molecule has 0 saturated carbocycles. The van der Waals surface area contributed by atoms with Crippen LogP contribution in [0.4, 0.5) is 0 Å². The van der Waals surface area contributed by atoms with Gasteiger partial charge in [-0.25, -0.2) is 9.50 Å². The summed E-state index contributed by atoms with van der Waals surface area (Å²) in [5.41, 5.74) is 4.81. The molecule has 31 heavy (non-hydrogen) atoms. The molecule has 0 bridgehead atoms. The van der Waals surface area contributed by atoms with Crippen LogP contribution in [-0.4, -0.2) is 32.5 Å². The van der Waals surface area contributed by atoms with Crippen LogP contribution in [0.5, 0.6) is 5.75 Å². The Hall–Kier alpha value is -3.54. The first-order chi connectivity index (χ1) is 15.0. The van der Waals surface area contributed by atoms with Crippen molar-refractivity contribution >= 4 is 11.6 Å². The second kappa shape index (κ2) is 7.61. The van der Waals surface area contributed by atoms with E-state index >= 15 is 0 Å². The van der Waals surface area contributed by atoms with Crippen LogP contribution in [0.25, 0.3) is 17.2 Å². The van der Waals surface area contributed by atoms with Gasteiger partial charge in [-0.2, -0.15) is 4.98 Å². The van der Waals surface area contributed by atoms with Gasteiger partial charge in [-0.1, -0.05) is 38.1 Å². The molecule has 2 aromatic carbocycles. The number of rotatable bonds is 4. The van der Waals surface area contributed by atoms with Crippen molar-refractivity contribution in [2.45, 2.75) is 38.5 Å². The number of carbonyl (C=O) groups is 1. The van der Waals surface area contributed by atoms with Crippen LogP contribution in [0.2, 0.25) is 0 Å². The third-order valence-electron chi connectivity index (χ3n) is 6.01. The van der Waals surface area contributed by atoms with Gasteiger partial charge in [-0.15, -0.1) is 5.10 Å². The molecular weight excluding hydrogens is 388 g/mol. The quantitative estimate of drug-likeness (QED) is 0.480. The first-order valence-corrected chi connectivity index (χ1v) is 10.6. The van der Waals surface area contributed by atoms with E-state index in [1.165, 1.54) is 11.1 Å². The predicted molar refractivity (Wildman–Crippen MR) is 119 cm³/mol. The Kier molecular flexibility index (Phi) is 4.77. The van der Waals surface area contributed by atoms with Crippen LogP contribution < -0.4 is 4.74 Å². The van der Waals surface area contributed by atoms with E-state index in [4.69, 9.17) is 9.72 Å². The number of hydrogen-bond acceptors (Lipinski definition) is 5. The minimum absolute atomic E-state index is 0.107. The molecule has 0 N–H and O–H groups in total. The zero-order chi connectivity index (χ0) is 21.5. The molecule has 2 aromatic heterocycles. The van der Waals surface area contributed by atoms with E-state index < -0.39 is 0 Å². The van der Waals surface area contributed by atoms with Crippen LogP contribution in [0.3, 0.4) is 0 Å². The average Bonchev–Trinajstić information content (AvgIpc) is 3.21. The molecule has 1 aliphatic carbocycles. The van der Waals surface area contributed by atoms with Gasteiger partial charge in [0.25, 0.3) is 5.78 Å². The van der Waals surface area contributed by atoms with E-state index in [0.29, 0.717) is 29.5 Å². The van der Waals surface area contributed by atoms with Crippen LogP contribution in [0.15, 0.2) is 54.7 Å². The zero-order valence-corrected chi connectivity index (χ0v) is 17.9. The zero-order valence-electron chi connectivity index (χ0n) is 17.9. The summed E-state index contributed by atoms with van der Waals surface area (Å²) >= 11 is 0. The SMILES string of the molecule is COc1ccc(-c2nc3nc4c(cn3n2)C(=O)C[C@H](c2ccc(C(C)C)cc2)C4)cc1. The van der Waals surface area contributed by atoms with Crippen molar-refractivity contribution in [3.63, 3.8) is 0 Å². The molecule has 156 valence electrons. The van der Waals surface area contributed by atoms with E-state index in [9.17, 15) is 4.79 Å². The third-order valence-corrected chi connectivity index (χ3v) is 6.01. The summed E-state index contributed by atoms with van der Waals surface area (Å²) in [5, 5.41) is 4.53. The van der Waals surface area contributed by atoms with Gasteiger partial charge in [-0.3, -0.25) is 4.79 Å². The number of benzene rings is 2. The molecule has 1 atom stereocenters. The standard InChI is InChI=1S/C25H24N4O2/c1-15(2)16-4-6-17(7-5-16)19-12-22-21(23(30)13-19)14-29-25(26-22)27-24(28-29)18-8-10-20(31-3)11-9-18/h4-11,14-15,19H,12-13H2,1-3H3/t19-/m1/s1. The van der Waals surface area contributed by atoms with Crippen molar-refractivity contribution in [3.8, 4) is 17.1 Å². The number of hydrogen-bond donors (Lipinski definition) is 0. The normalized spacial score (nSPS) is 16.0. The predicted octanol–water partition coefficient (Wildman–Crippen LogP) is 4.84. The summed E-state index contributed by atoms with van der Waals surface area (Å²) in [4.78, 5) is 22.2. The summed E-state index contributed by atoms with van der Waals surface area (Å²) in [6, 6.07) is 16.2. The Morgan fingerprint density at radius 3 is 2.42 bits per heavy atom. The topological polar surface area (TPSA) is 69.4 Å². The Bertz CT molecular complexity index is 1260. The Balaban J connectivity index is 1.47. The number of methoxy groups -OCH3 is 1. The molecule has 6 nitrogen and oxygen atoms in total. The van der Waals surface area contributed by atoms with Gasteiger partial charge in [0.15, 0.2) is 11.6 Å². The Morgan fingerprint density at radius 1 is 1.00 bits per heavy atom. The molecule has 2 heterocycles. The first-order valence-electron chi connectivity index (χ1n) is 10.6. The first kappa shape index (κ1) is 19.4. The number of Topliss-reactive ketones (excluding diaryl/α,β-unsaturated/α-hetero) is 1. The number of nitrogens with zero attached hydrogens (tertiary/aromatic N) is 4. The molecule has 4 aromatic rings. The maximum absolute atomic E-state index is 12.9. The highest BCUT2D eigenvalue weighted by atomic mass is 16.5. The lowest BCUT2D eigenvalue weighted by atomic mass is 9.81.